The van der Waals surface area contributed by atoms with Crippen molar-refractivity contribution >= 4 is 0 Å². The first-order chi connectivity index (χ1) is 10.1. The van der Waals surface area contributed by atoms with E-state index in [1.807, 2.05) is 0 Å². The van der Waals surface area contributed by atoms with Gasteiger partial charge in [0.2, 0.25) is 0 Å². The summed E-state index contributed by atoms with van der Waals surface area (Å²) >= 11 is 0. The summed E-state index contributed by atoms with van der Waals surface area (Å²) in [5.41, 5.74) is 1.66. The minimum Gasteiger partial charge on any atom is -0.490 e. The van der Waals surface area contributed by atoms with Crippen LogP contribution in [0.4, 0.5) is 0 Å². The fraction of sp³-hybridized carbons (Fsp3) is 0.684. The molecule has 0 aliphatic heterocycles. The quantitative estimate of drug-likeness (QED) is 0.756. The van der Waals surface area contributed by atoms with Gasteiger partial charge in [-0.3, -0.25) is 0 Å². The third-order valence-corrected chi connectivity index (χ3v) is 5.12. The molecule has 118 valence electrons. The number of ether oxygens (including phenoxy) is 1. The van der Waals surface area contributed by atoms with Gasteiger partial charge < -0.3 is 10.1 Å². The monoisotopic (exact) mass is 289 g/mol. The molecule has 3 atom stereocenters. The molecule has 0 saturated heterocycles. The van der Waals surface area contributed by atoms with Crippen LogP contribution in [0.2, 0.25) is 0 Å². The van der Waals surface area contributed by atoms with Gasteiger partial charge >= 0.3 is 0 Å². The first kappa shape index (κ1) is 16.4. The van der Waals surface area contributed by atoms with Crippen LogP contribution in [-0.2, 0) is 6.42 Å². The number of nitrogens with one attached hydrogen (secondary N) is 1. The van der Waals surface area contributed by atoms with Crippen molar-refractivity contribution in [3.05, 3.63) is 29.8 Å². The Kier molecular flexibility index (Phi) is 5.69. The number of rotatable bonds is 8. The second-order valence-corrected chi connectivity index (χ2v) is 6.60. The maximum Gasteiger partial charge on any atom is 0.119 e. The van der Waals surface area contributed by atoms with Gasteiger partial charge in [0.15, 0.2) is 0 Å². The molecule has 1 aliphatic carbocycles. The van der Waals surface area contributed by atoms with Gasteiger partial charge in [-0.25, -0.2) is 0 Å². The zero-order chi connectivity index (χ0) is 15.3. The van der Waals surface area contributed by atoms with Crippen molar-refractivity contribution in [1.29, 1.82) is 0 Å². The van der Waals surface area contributed by atoms with Gasteiger partial charge in [-0.1, -0.05) is 46.2 Å². The zero-order valence-electron chi connectivity index (χ0n) is 14.1. The Bertz CT molecular complexity index is 428. The summed E-state index contributed by atoms with van der Waals surface area (Å²) in [5, 5.41) is 3.67. The highest BCUT2D eigenvalue weighted by Gasteiger charge is 2.51. The fourth-order valence-electron chi connectivity index (χ4n) is 3.30. The molecule has 0 amide bonds. The van der Waals surface area contributed by atoms with Gasteiger partial charge in [-0.05, 0) is 43.5 Å². The van der Waals surface area contributed by atoms with Gasteiger partial charge in [-0.2, -0.15) is 0 Å². The SMILES string of the molecule is CCCNC1CC(Oc2ccc(CCC)cc2)C1(C)CC. The minimum atomic E-state index is 0.261. The Balaban J connectivity index is 1.93. The second-order valence-electron chi connectivity index (χ2n) is 6.60. The van der Waals surface area contributed by atoms with E-state index in [0.29, 0.717) is 12.1 Å². The lowest BCUT2D eigenvalue weighted by Crippen LogP contribution is -2.63. The van der Waals surface area contributed by atoms with E-state index in [2.05, 4.69) is 57.3 Å². The lowest BCUT2D eigenvalue weighted by atomic mass is 9.61. The molecule has 0 heterocycles. The van der Waals surface area contributed by atoms with Crippen LogP contribution in [0, 0.1) is 5.41 Å². The van der Waals surface area contributed by atoms with Crippen molar-refractivity contribution in [2.45, 2.75) is 71.9 Å². The van der Waals surface area contributed by atoms with E-state index in [1.165, 1.54) is 18.4 Å². The molecular weight excluding hydrogens is 258 g/mol. The predicted octanol–water partition coefficient (Wildman–Crippen LogP) is 4.57. The van der Waals surface area contributed by atoms with Gasteiger partial charge in [0, 0.05) is 17.9 Å². The number of aryl methyl sites for hydroxylation is 1. The van der Waals surface area contributed by atoms with Crippen LogP contribution >= 0.6 is 0 Å². The normalized spacial score (nSPS) is 28.2. The summed E-state index contributed by atoms with van der Waals surface area (Å²) in [6.07, 6.45) is 6.17. The van der Waals surface area contributed by atoms with Crippen molar-refractivity contribution in [2.75, 3.05) is 6.54 Å². The molecule has 2 rings (SSSR count). The Morgan fingerprint density at radius 3 is 2.43 bits per heavy atom. The summed E-state index contributed by atoms with van der Waals surface area (Å²) < 4.78 is 6.26. The van der Waals surface area contributed by atoms with Crippen LogP contribution in [0.3, 0.4) is 0 Å². The van der Waals surface area contributed by atoms with E-state index in [4.69, 9.17) is 4.74 Å². The summed E-state index contributed by atoms with van der Waals surface area (Å²) in [4.78, 5) is 0. The molecule has 3 unspecified atom stereocenters. The van der Waals surface area contributed by atoms with Gasteiger partial charge in [0.25, 0.3) is 0 Å². The molecule has 1 fully saturated rings. The van der Waals surface area contributed by atoms with Crippen LogP contribution in [0.5, 0.6) is 5.75 Å². The summed E-state index contributed by atoms with van der Waals surface area (Å²) in [7, 11) is 0. The molecule has 0 radical (unpaired) electrons. The second kappa shape index (κ2) is 7.31. The lowest BCUT2D eigenvalue weighted by molar-refractivity contribution is -0.0701. The highest BCUT2D eigenvalue weighted by atomic mass is 16.5. The maximum absolute atomic E-state index is 6.26. The Morgan fingerprint density at radius 2 is 1.86 bits per heavy atom. The van der Waals surface area contributed by atoms with E-state index in [-0.39, 0.29) is 5.41 Å². The van der Waals surface area contributed by atoms with Gasteiger partial charge in [0.05, 0.1) is 0 Å². The topological polar surface area (TPSA) is 21.3 Å². The third kappa shape index (κ3) is 3.60. The van der Waals surface area contributed by atoms with Crippen molar-refractivity contribution in [2.24, 2.45) is 5.41 Å². The molecule has 1 N–H and O–H groups in total. The van der Waals surface area contributed by atoms with Crippen molar-refractivity contribution in [3.63, 3.8) is 0 Å². The lowest BCUT2D eigenvalue weighted by Gasteiger charge is -2.53. The summed E-state index contributed by atoms with van der Waals surface area (Å²) in [6, 6.07) is 9.27. The van der Waals surface area contributed by atoms with E-state index in [9.17, 15) is 0 Å². The molecule has 21 heavy (non-hydrogen) atoms. The summed E-state index contributed by atoms with van der Waals surface area (Å²) in [5.74, 6) is 1.02. The van der Waals surface area contributed by atoms with Gasteiger partial charge in [-0.15, -0.1) is 0 Å². The highest BCUT2D eigenvalue weighted by Crippen LogP contribution is 2.46. The maximum atomic E-state index is 6.26. The molecule has 1 aromatic carbocycles. The van der Waals surface area contributed by atoms with E-state index >= 15 is 0 Å². The largest absolute Gasteiger partial charge is 0.490 e. The van der Waals surface area contributed by atoms with E-state index < -0.39 is 0 Å². The first-order valence-corrected chi connectivity index (χ1v) is 8.63. The Morgan fingerprint density at radius 1 is 1.14 bits per heavy atom. The van der Waals surface area contributed by atoms with Crippen LogP contribution < -0.4 is 10.1 Å². The molecule has 2 nitrogen and oxygen atoms in total. The fourth-order valence-corrected chi connectivity index (χ4v) is 3.30. The van der Waals surface area contributed by atoms with Crippen LogP contribution in [-0.4, -0.2) is 18.7 Å². The summed E-state index contributed by atoms with van der Waals surface area (Å²) in [6.45, 7) is 10.2. The number of hydrogen-bond acceptors (Lipinski definition) is 2. The van der Waals surface area contributed by atoms with Gasteiger partial charge in [0.1, 0.15) is 11.9 Å². The average Bonchev–Trinajstić information content (AvgIpc) is 2.51. The Hall–Kier alpha value is -1.02. The zero-order valence-corrected chi connectivity index (χ0v) is 14.1. The molecule has 0 spiro atoms. The average molecular weight is 289 g/mol. The Labute approximate surface area is 130 Å². The van der Waals surface area contributed by atoms with Crippen molar-refractivity contribution in [3.8, 4) is 5.75 Å². The molecule has 1 saturated carbocycles. The molecule has 0 bridgehead atoms. The van der Waals surface area contributed by atoms with E-state index in [0.717, 1.165) is 31.6 Å². The van der Waals surface area contributed by atoms with Crippen LogP contribution in [0.15, 0.2) is 24.3 Å². The molecule has 0 aromatic heterocycles. The third-order valence-electron chi connectivity index (χ3n) is 5.12. The number of benzene rings is 1. The smallest absolute Gasteiger partial charge is 0.119 e. The first-order valence-electron chi connectivity index (χ1n) is 8.63. The van der Waals surface area contributed by atoms with Crippen molar-refractivity contribution < 1.29 is 4.74 Å². The highest BCUT2D eigenvalue weighted by molar-refractivity contribution is 5.28. The van der Waals surface area contributed by atoms with Crippen LogP contribution in [0.25, 0.3) is 0 Å². The molecular formula is C19H31NO. The molecule has 1 aliphatic rings. The minimum absolute atomic E-state index is 0.261. The van der Waals surface area contributed by atoms with E-state index in [1.54, 1.807) is 0 Å². The van der Waals surface area contributed by atoms with Crippen molar-refractivity contribution in [1.82, 2.24) is 5.32 Å². The standard InChI is InChI=1S/C19H31NO/c1-5-8-15-9-11-16(12-10-15)21-18-14-17(20-13-6-2)19(18,4)7-3/h9-12,17-18,20H,5-8,13-14H2,1-4H3. The number of hydrogen-bond donors (Lipinski definition) is 1. The van der Waals surface area contributed by atoms with Crippen LogP contribution in [0.1, 0.15) is 58.9 Å². The predicted molar refractivity (Wildman–Crippen MR) is 89.9 cm³/mol. The molecule has 1 aromatic rings. The molecule has 2 heteroatoms.